The Bertz CT molecular complexity index is 1150. The first-order valence-corrected chi connectivity index (χ1v) is 10.8. The number of methoxy groups -OCH3 is 1. The highest BCUT2D eigenvalue weighted by atomic mass is 32.2. The molecule has 0 bridgehead atoms. The van der Waals surface area contributed by atoms with Crippen molar-refractivity contribution >= 4 is 35.0 Å². The summed E-state index contributed by atoms with van der Waals surface area (Å²) in [7, 11) is 1.52. The summed E-state index contributed by atoms with van der Waals surface area (Å²) in [4.78, 5) is 26.9. The molecule has 3 aromatic carbocycles. The number of ether oxygens (including phenoxy) is 1. The topological polar surface area (TPSA) is 58.6 Å². The Morgan fingerprint density at radius 1 is 1.13 bits per heavy atom. The normalized spacial score (nSPS) is 15.8. The molecule has 0 radical (unpaired) electrons. The third-order valence-corrected chi connectivity index (χ3v) is 6.30. The number of rotatable bonds is 5. The van der Waals surface area contributed by atoms with Crippen LogP contribution in [0.5, 0.6) is 5.75 Å². The Morgan fingerprint density at radius 2 is 1.94 bits per heavy atom. The van der Waals surface area contributed by atoms with Gasteiger partial charge in [-0.15, -0.1) is 11.8 Å². The van der Waals surface area contributed by atoms with Crippen molar-refractivity contribution in [3.8, 4) is 5.75 Å². The zero-order valence-electron chi connectivity index (χ0n) is 17.1. The van der Waals surface area contributed by atoms with Gasteiger partial charge in [0.05, 0.1) is 18.4 Å². The zero-order valence-corrected chi connectivity index (χ0v) is 17.9. The smallest absolute Gasteiger partial charge is 0.259 e. The summed E-state index contributed by atoms with van der Waals surface area (Å²) in [6, 6.07) is 19.1. The van der Waals surface area contributed by atoms with Gasteiger partial charge < -0.3 is 10.1 Å². The average molecular weight is 437 g/mol. The molecular weight excluding hydrogens is 415 g/mol. The third kappa shape index (κ3) is 4.27. The van der Waals surface area contributed by atoms with Gasteiger partial charge >= 0.3 is 0 Å². The fourth-order valence-corrected chi connectivity index (χ4v) is 4.65. The van der Waals surface area contributed by atoms with Crippen molar-refractivity contribution in [2.45, 2.75) is 12.3 Å². The molecule has 1 heterocycles. The Balaban J connectivity index is 1.60. The van der Waals surface area contributed by atoms with Gasteiger partial charge in [-0.1, -0.05) is 30.3 Å². The molecule has 1 N–H and O–H groups in total. The highest BCUT2D eigenvalue weighted by molar-refractivity contribution is 8.00. The van der Waals surface area contributed by atoms with Crippen LogP contribution in [-0.2, 0) is 4.79 Å². The van der Waals surface area contributed by atoms with Gasteiger partial charge in [-0.05, 0) is 54.4 Å². The summed E-state index contributed by atoms with van der Waals surface area (Å²) in [6.45, 7) is 1.69. The second-order valence-electron chi connectivity index (χ2n) is 7.14. The minimum atomic E-state index is -0.348. The van der Waals surface area contributed by atoms with Crippen LogP contribution in [0, 0.1) is 12.7 Å². The Labute approximate surface area is 184 Å². The quantitative estimate of drug-likeness (QED) is 0.599. The minimum absolute atomic E-state index is 0.0817. The highest BCUT2D eigenvalue weighted by Crippen LogP contribution is 2.42. The number of hydrogen-bond acceptors (Lipinski definition) is 4. The van der Waals surface area contributed by atoms with Crippen molar-refractivity contribution < 1.29 is 18.7 Å². The first-order valence-electron chi connectivity index (χ1n) is 9.72. The van der Waals surface area contributed by atoms with Gasteiger partial charge in [0.2, 0.25) is 5.91 Å². The van der Waals surface area contributed by atoms with E-state index in [-0.39, 0.29) is 23.0 Å². The fraction of sp³-hybridized carbons (Fsp3) is 0.167. The molecule has 1 fully saturated rings. The predicted molar refractivity (Wildman–Crippen MR) is 121 cm³/mol. The second kappa shape index (κ2) is 8.81. The number of nitrogens with zero attached hydrogens (tertiary/aromatic N) is 1. The molecule has 0 saturated carbocycles. The van der Waals surface area contributed by atoms with E-state index >= 15 is 0 Å². The Morgan fingerprint density at radius 3 is 2.71 bits per heavy atom. The van der Waals surface area contributed by atoms with E-state index in [9.17, 15) is 14.0 Å². The van der Waals surface area contributed by atoms with Gasteiger partial charge in [-0.2, -0.15) is 0 Å². The minimum Gasteiger partial charge on any atom is -0.496 e. The first-order chi connectivity index (χ1) is 15.0. The van der Waals surface area contributed by atoms with Crippen LogP contribution in [0.3, 0.4) is 0 Å². The number of para-hydroxylation sites is 1. The number of nitrogens with one attached hydrogen (secondary N) is 1. The number of benzene rings is 3. The van der Waals surface area contributed by atoms with Gasteiger partial charge in [0.1, 0.15) is 16.9 Å². The maximum absolute atomic E-state index is 14.1. The Kier molecular flexibility index (Phi) is 5.95. The standard InChI is InChI=1S/C24H21FN2O3S/c1-15-10-11-18(13-20(15)25)27-22(28)14-31-24(27)16-6-5-7-17(12-16)26-23(29)19-8-3-4-9-21(19)30-2/h3-13,24H,14H2,1-2H3,(H,26,29). The largest absolute Gasteiger partial charge is 0.496 e. The number of thioether (sulfide) groups is 1. The van der Waals surface area contributed by atoms with E-state index in [0.717, 1.165) is 5.56 Å². The van der Waals surface area contributed by atoms with E-state index in [4.69, 9.17) is 4.74 Å². The van der Waals surface area contributed by atoms with Gasteiger partial charge in [-0.3, -0.25) is 14.5 Å². The summed E-state index contributed by atoms with van der Waals surface area (Å²) in [5.74, 6) is 0.0705. The van der Waals surface area contributed by atoms with Gasteiger partial charge in [0.15, 0.2) is 0 Å². The number of carbonyl (C=O) groups excluding carboxylic acids is 2. The van der Waals surface area contributed by atoms with Crippen LogP contribution in [-0.4, -0.2) is 24.7 Å². The summed E-state index contributed by atoms with van der Waals surface area (Å²) >= 11 is 1.47. The van der Waals surface area contributed by atoms with E-state index in [1.165, 1.54) is 24.9 Å². The van der Waals surface area contributed by atoms with Gasteiger partial charge in [0.25, 0.3) is 5.91 Å². The summed E-state index contributed by atoms with van der Waals surface area (Å²) < 4.78 is 19.4. The molecule has 3 aromatic rings. The monoisotopic (exact) mass is 436 g/mol. The number of anilines is 2. The van der Waals surface area contributed by atoms with Crippen LogP contribution in [0.2, 0.25) is 0 Å². The van der Waals surface area contributed by atoms with E-state index in [1.54, 1.807) is 54.3 Å². The number of amides is 2. The van der Waals surface area contributed by atoms with Crippen LogP contribution >= 0.6 is 11.8 Å². The van der Waals surface area contributed by atoms with Crippen LogP contribution in [0.25, 0.3) is 0 Å². The zero-order chi connectivity index (χ0) is 22.0. The average Bonchev–Trinajstić information content (AvgIpc) is 3.17. The molecule has 5 nitrogen and oxygen atoms in total. The molecule has 2 amide bonds. The third-order valence-electron chi connectivity index (χ3n) is 5.08. The fourth-order valence-electron chi connectivity index (χ4n) is 3.48. The molecule has 0 aliphatic carbocycles. The first kappa shape index (κ1) is 20.9. The van der Waals surface area contributed by atoms with Crippen molar-refractivity contribution in [1.82, 2.24) is 0 Å². The number of halogens is 1. The number of hydrogen-bond donors (Lipinski definition) is 1. The van der Waals surface area contributed by atoms with Gasteiger partial charge in [-0.25, -0.2) is 4.39 Å². The Hall–Kier alpha value is -3.32. The summed E-state index contributed by atoms with van der Waals surface area (Å²) in [5.41, 5.74) is 2.92. The van der Waals surface area contributed by atoms with Crippen molar-refractivity contribution in [1.29, 1.82) is 0 Å². The lowest BCUT2D eigenvalue weighted by Crippen LogP contribution is -2.28. The summed E-state index contributed by atoms with van der Waals surface area (Å²) in [6.07, 6.45) is 0. The van der Waals surface area contributed by atoms with Crippen molar-refractivity contribution in [3.05, 3.63) is 89.2 Å². The maximum Gasteiger partial charge on any atom is 0.259 e. The van der Waals surface area contributed by atoms with Gasteiger partial charge in [0, 0.05) is 11.4 Å². The lowest BCUT2D eigenvalue weighted by Gasteiger charge is -2.25. The molecule has 1 atom stereocenters. The molecule has 0 aromatic heterocycles. The summed E-state index contributed by atoms with van der Waals surface area (Å²) in [5, 5.41) is 2.58. The number of carbonyl (C=O) groups is 2. The molecule has 1 aliphatic heterocycles. The van der Waals surface area contributed by atoms with E-state index in [1.807, 2.05) is 18.2 Å². The highest BCUT2D eigenvalue weighted by Gasteiger charge is 2.34. The molecule has 1 aliphatic rings. The van der Waals surface area contributed by atoms with Crippen molar-refractivity contribution in [3.63, 3.8) is 0 Å². The lowest BCUT2D eigenvalue weighted by atomic mass is 10.1. The predicted octanol–water partition coefficient (Wildman–Crippen LogP) is 5.17. The SMILES string of the molecule is COc1ccccc1C(=O)Nc1cccc(C2SCC(=O)N2c2ccc(C)c(F)c2)c1. The van der Waals surface area contributed by atoms with E-state index < -0.39 is 0 Å². The molecule has 1 saturated heterocycles. The van der Waals surface area contributed by atoms with Crippen LogP contribution in [0.4, 0.5) is 15.8 Å². The number of aryl methyl sites for hydroxylation is 1. The van der Waals surface area contributed by atoms with Crippen molar-refractivity contribution in [2.75, 3.05) is 23.1 Å². The molecule has 158 valence electrons. The van der Waals surface area contributed by atoms with Crippen LogP contribution < -0.4 is 15.0 Å². The maximum atomic E-state index is 14.1. The lowest BCUT2D eigenvalue weighted by molar-refractivity contribution is -0.115. The molecule has 1 unspecified atom stereocenters. The molecule has 7 heteroatoms. The second-order valence-corrected chi connectivity index (χ2v) is 8.21. The molecule has 0 spiro atoms. The molecule has 4 rings (SSSR count). The van der Waals surface area contributed by atoms with Crippen LogP contribution in [0.1, 0.15) is 26.9 Å². The van der Waals surface area contributed by atoms with Crippen molar-refractivity contribution in [2.24, 2.45) is 0 Å². The molecular formula is C24H21FN2O3S. The van der Waals surface area contributed by atoms with Crippen LogP contribution in [0.15, 0.2) is 66.7 Å². The van der Waals surface area contributed by atoms with E-state index in [2.05, 4.69) is 5.32 Å². The molecule has 31 heavy (non-hydrogen) atoms. The van der Waals surface area contributed by atoms with E-state index in [0.29, 0.717) is 34.0 Å².